The lowest BCUT2D eigenvalue weighted by Crippen LogP contribution is -2.30. The zero-order valence-electron chi connectivity index (χ0n) is 12.4. The summed E-state index contributed by atoms with van der Waals surface area (Å²) in [5, 5.41) is 13.5. The molecule has 3 rings (SSSR count). The van der Waals surface area contributed by atoms with E-state index < -0.39 is 52.9 Å². The molecule has 2 aromatic rings. The number of aromatic nitrogens is 2. The Bertz CT molecular complexity index is 945. The summed E-state index contributed by atoms with van der Waals surface area (Å²) < 4.78 is 66.3. The van der Waals surface area contributed by atoms with E-state index in [0.717, 1.165) is 29.2 Å². The van der Waals surface area contributed by atoms with Crippen molar-refractivity contribution in [3.05, 3.63) is 30.3 Å². The third-order valence-corrected chi connectivity index (χ3v) is 4.81. The fraction of sp³-hybridized carbons (Fsp3) is 0.231. The molecule has 0 unspecified atom stereocenters. The summed E-state index contributed by atoms with van der Waals surface area (Å²) in [6, 6.07) is 2.19. The lowest BCUT2D eigenvalue weighted by Gasteiger charge is -2.18. The average molecular weight is 376 g/mol. The number of alkyl halides is 2. The van der Waals surface area contributed by atoms with E-state index >= 15 is 0 Å². The van der Waals surface area contributed by atoms with Crippen molar-refractivity contribution in [2.24, 2.45) is 0 Å². The molecule has 2 heterocycles. The molecule has 1 saturated heterocycles. The number of phenols is 1. The molecule has 2 N–H and O–H groups in total. The van der Waals surface area contributed by atoms with Gasteiger partial charge in [0.25, 0.3) is 12.3 Å². The smallest absolute Gasteiger partial charge is 0.326 e. The van der Waals surface area contributed by atoms with E-state index in [1.807, 2.05) is 0 Å². The summed E-state index contributed by atoms with van der Waals surface area (Å²) in [5.74, 6) is -2.70. The van der Waals surface area contributed by atoms with Crippen LogP contribution < -0.4 is 9.03 Å². The first kappa shape index (κ1) is 17.1. The van der Waals surface area contributed by atoms with Gasteiger partial charge in [-0.15, -0.1) is 0 Å². The van der Waals surface area contributed by atoms with Gasteiger partial charge in [-0.1, -0.05) is 0 Å². The monoisotopic (exact) mass is 376 g/mol. The van der Waals surface area contributed by atoms with E-state index in [1.165, 1.54) is 0 Å². The Morgan fingerprint density at radius 1 is 1.36 bits per heavy atom. The molecule has 0 bridgehead atoms. The number of phenolic OH excluding ortho intramolecular Hbond substituents is 1. The fourth-order valence-electron chi connectivity index (χ4n) is 2.40. The normalized spacial score (nSPS) is 16.5. The first-order chi connectivity index (χ1) is 11.7. The molecule has 12 heteroatoms. The van der Waals surface area contributed by atoms with Gasteiger partial charge in [0.2, 0.25) is 0 Å². The SMILES string of the molecule is O=C1CN(c2c(O)ccc(-c3cnn(CC(F)F)c3)c2F)S(=O)(=O)N1. The summed E-state index contributed by atoms with van der Waals surface area (Å²) >= 11 is 0. The van der Waals surface area contributed by atoms with Gasteiger partial charge in [0, 0.05) is 17.3 Å². The van der Waals surface area contributed by atoms with Crippen LogP contribution in [-0.4, -0.2) is 42.2 Å². The van der Waals surface area contributed by atoms with Gasteiger partial charge >= 0.3 is 10.2 Å². The van der Waals surface area contributed by atoms with Gasteiger partial charge in [-0.3, -0.25) is 9.48 Å². The van der Waals surface area contributed by atoms with Crippen LogP contribution in [0.2, 0.25) is 0 Å². The number of halogens is 3. The largest absolute Gasteiger partial charge is 0.506 e. The second-order valence-electron chi connectivity index (χ2n) is 5.17. The molecule has 0 spiro atoms. The van der Waals surface area contributed by atoms with Crippen molar-refractivity contribution < 1.29 is 31.5 Å². The number of carbonyl (C=O) groups is 1. The summed E-state index contributed by atoms with van der Waals surface area (Å²) in [6.07, 6.45) is -0.364. The quantitative estimate of drug-likeness (QED) is 0.823. The third kappa shape index (κ3) is 3.12. The summed E-state index contributed by atoms with van der Waals surface area (Å²) in [7, 11) is -4.33. The third-order valence-electron chi connectivity index (χ3n) is 3.43. The number of aromatic hydroxyl groups is 1. The molecule has 1 fully saturated rings. The number of hydrogen-bond donors (Lipinski definition) is 2. The van der Waals surface area contributed by atoms with E-state index in [4.69, 9.17) is 0 Å². The van der Waals surface area contributed by atoms with Gasteiger partial charge in [0.1, 0.15) is 24.5 Å². The number of benzene rings is 1. The summed E-state index contributed by atoms with van der Waals surface area (Å²) in [5.41, 5.74) is -0.768. The van der Waals surface area contributed by atoms with E-state index in [-0.39, 0.29) is 11.1 Å². The Kier molecular flexibility index (Phi) is 4.06. The molecule has 1 aliphatic rings. The fourth-order valence-corrected chi connectivity index (χ4v) is 3.57. The van der Waals surface area contributed by atoms with Gasteiger partial charge in [-0.05, 0) is 12.1 Å². The van der Waals surface area contributed by atoms with Crippen molar-refractivity contribution in [3.8, 4) is 16.9 Å². The molecule has 1 aliphatic heterocycles. The van der Waals surface area contributed by atoms with Crippen molar-refractivity contribution in [2.75, 3.05) is 10.8 Å². The van der Waals surface area contributed by atoms with Crippen molar-refractivity contribution in [1.29, 1.82) is 0 Å². The van der Waals surface area contributed by atoms with Crippen LogP contribution in [0.1, 0.15) is 0 Å². The van der Waals surface area contributed by atoms with Gasteiger partial charge in [-0.25, -0.2) is 22.2 Å². The number of amides is 1. The maximum atomic E-state index is 14.8. The van der Waals surface area contributed by atoms with Gasteiger partial charge in [0.05, 0.1) is 6.20 Å². The number of carbonyl (C=O) groups excluding carboxylic acids is 1. The highest BCUT2D eigenvalue weighted by Gasteiger charge is 2.38. The minimum Gasteiger partial charge on any atom is -0.506 e. The second kappa shape index (κ2) is 5.95. The summed E-state index contributed by atoms with van der Waals surface area (Å²) in [6.45, 7) is -1.38. The van der Waals surface area contributed by atoms with E-state index in [0.29, 0.717) is 4.31 Å². The van der Waals surface area contributed by atoms with Crippen LogP contribution in [0.25, 0.3) is 11.1 Å². The Morgan fingerprint density at radius 2 is 2.08 bits per heavy atom. The molecule has 8 nitrogen and oxygen atoms in total. The van der Waals surface area contributed by atoms with Crippen molar-refractivity contribution in [2.45, 2.75) is 13.0 Å². The lowest BCUT2D eigenvalue weighted by molar-refractivity contribution is -0.117. The maximum Gasteiger partial charge on any atom is 0.326 e. The molecule has 0 aliphatic carbocycles. The van der Waals surface area contributed by atoms with Gasteiger partial charge in [-0.2, -0.15) is 13.5 Å². The standard InChI is InChI=1S/C13H11F3N4O4S/c14-10(15)5-19-4-7(3-17-19)8-1-2-9(21)13(12(8)16)20-6-11(22)18-25(20,23)24/h1-4,10,21H,5-6H2,(H,18,22). The Labute approximate surface area is 139 Å². The molecule has 1 amide bonds. The number of hydrogen-bond acceptors (Lipinski definition) is 5. The molecule has 0 radical (unpaired) electrons. The predicted molar refractivity (Wildman–Crippen MR) is 79.7 cm³/mol. The second-order valence-corrected chi connectivity index (χ2v) is 6.77. The number of anilines is 1. The van der Waals surface area contributed by atoms with Crippen molar-refractivity contribution in [1.82, 2.24) is 14.5 Å². The maximum absolute atomic E-state index is 14.8. The lowest BCUT2D eigenvalue weighted by atomic mass is 10.1. The predicted octanol–water partition coefficient (Wildman–Crippen LogP) is 0.841. The Morgan fingerprint density at radius 3 is 2.68 bits per heavy atom. The molecule has 0 saturated carbocycles. The molecular weight excluding hydrogens is 365 g/mol. The average Bonchev–Trinajstić information content (AvgIpc) is 3.03. The zero-order chi connectivity index (χ0) is 18.4. The molecule has 134 valence electrons. The van der Waals surface area contributed by atoms with Gasteiger partial charge < -0.3 is 5.11 Å². The van der Waals surface area contributed by atoms with Crippen molar-refractivity contribution in [3.63, 3.8) is 0 Å². The highest BCUT2D eigenvalue weighted by atomic mass is 32.2. The molecule has 25 heavy (non-hydrogen) atoms. The first-order valence-electron chi connectivity index (χ1n) is 6.85. The minimum atomic E-state index is -4.33. The van der Waals surface area contributed by atoms with E-state index in [2.05, 4.69) is 5.10 Å². The van der Waals surface area contributed by atoms with Crippen LogP contribution in [-0.2, 0) is 21.5 Å². The van der Waals surface area contributed by atoms with Crippen molar-refractivity contribution >= 4 is 21.8 Å². The van der Waals surface area contributed by atoms with Crippen LogP contribution in [0.15, 0.2) is 24.5 Å². The minimum absolute atomic E-state index is 0.107. The van der Waals surface area contributed by atoms with Gasteiger partial charge in [0.15, 0.2) is 5.82 Å². The summed E-state index contributed by atoms with van der Waals surface area (Å²) in [4.78, 5) is 11.3. The zero-order valence-corrected chi connectivity index (χ0v) is 13.2. The Hall–Kier alpha value is -2.76. The first-order valence-corrected chi connectivity index (χ1v) is 8.29. The van der Waals surface area contributed by atoms with Crippen LogP contribution in [0.4, 0.5) is 18.9 Å². The number of rotatable bonds is 4. The highest BCUT2D eigenvalue weighted by molar-refractivity contribution is 7.92. The molecule has 0 atom stereocenters. The van der Waals surface area contributed by atoms with Crippen LogP contribution in [0.3, 0.4) is 0 Å². The number of nitrogens with zero attached hydrogens (tertiary/aromatic N) is 3. The van der Waals surface area contributed by atoms with E-state index in [9.17, 15) is 31.5 Å². The topological polar surface area (TPSA) is 105 Å². The Balaban J connectivity index is 2.07. The molecule has 1 aromatic carbocycles. The van der Waals surface area contributed by atoms with Crippen LogP contribution >= 0.6 is 0 Å². The molecule has 1 aromatic heterocycles. The highest BCUT2D eigenvalue weighted by Crippen LogP contribution is 2.38. The van der Waals surface area contributed by atoms with E-state index in [1.54, 1.807) is 4.72 Å². The van der Waals surface area contributed by atoms with Crippen LogP contribution in [0, 0.1) is 5.82 Å². The van der Waals surface area contributed by atoms with Crippen LogP contribution in [0.5, 0.6) is 5.75 Å². The molecular formula is C13H11F3N4O4S. The number of nitrogens with one attached hydrogen (secondary N) is 1.